The van der Waals surface area contributed by atoms with Gasteiger partial charge in [-0.15, -0.1) is 0 Å². The lowest BCUT2D eigenvalue weighted by atomic mass is 10.1. The molecule has 0 bridgehead atoms. The molecule has 0 fully saturated rings. The second-order valence-corrected chi connectivity index (χ2v) is 9.72. The van der Waals surface area contributed by atoms with Crippen LogP contribution in [-0.2, 0) is 21.3 Å². The van der Waals surface area contributed by atoms with Crippen molar-refractivity contribution in [2.75, 3.05) is 13.7 Å². The summed E-state index contributed by atoms with van der Waals surface area (Å²) in [6, 6.07) is 10.2. The molecule has 10 heteroatoms. The predicted octanol–water partition coefficient (Wildman–Crippen LogP) is 2.75. The van der Waals surface area contributed by atoms with Crippen LogP contribution in [0.2, 0.25) is 0 Å². The number of nitrogens with zero attached hydrogens (tertiary/aromatic N) is 4. The van der Waals surface area contributed by atoms with E-state index in [9.17, 15) is 13.5 Å². The molecule has 1 aromatic carbocycles. The highest BCUT2D eigenvalue weighted by Gasteiger charge is 2.22. The second kappa shape index (κ2) is 8.46. The van der Waals surface area contributed by atoms with E-state index in [1.54, 1.807) is 53.6 Å². The SMILES string of the molecule is COCC(O)Cn1cc(-c2cnc3c(c2)c(I)cn3S(=O)(=O)c2ccccc2)cn1. The van der Waals surface area contributed by atoms with Crippen LogP contribution in [0.1, 0.15) is 0 Å². The van der Waals surface area contributed by atoms with Gasteiger partial charge in [0.05, 0.1) is 30.3 Å². The minimum Gasteiger partial charge on any atom is -0.389 e. The number of fused-ring (bicyclic) bond motifs is 1. The molecule has 0 amide bonds. The maximum absolute atomic E-state index is 13.0. The monoisotopic (exact) mass is 538 g/mol. The van der Waals surface area contributed by atoms with Gasteiger partial charge in [0.25, 0.3) is 10.0 Å². The van der Waals surface area contributed by atoms with Crippen molar-refractivity contribution in [2.24, 2.45) is 0 Å². The quantitative estimate of drug-likeness (QED) is 0.364. The van der Waals surface area contributed by atoms with Crippen LogP contribution in [-0.4, -0.2) is 52.1 Å². The number of halogens is 1. The highest BCUT2D eigenvalue weighted by molar-refractivity contribution is 14.1. The normalized spacial score (nSPS) is 13.0. The van der Waals surface area contributed by atoms with E-state index < -0.39 is 16.1 Å². The minimum atomic E-state index is -3.74. The summed E-state index contributed by atoms with van der Waals surface area (Å²) in [6.45, 7) is 0.539. The summed E-state index contributed by atoms with van der Waals surface area (Å²) < 4.78 is 34.7. The molecule has 0 radical (unpaired) electrons. The summed E-state index contributed by atoms with van der Waals surface area (Å²) in [4.78, 5) is 4.65. The molecule has 3 aromatic heterocycles. The first-order chi connectivity index (χ1) is 14.4. The maximum Gasteiger partial charge on any atom is 0.269 e. The zero-order valence-electron chi connectivity index (χ0n) is 16.0. The standard InChI is InChI=1S/C20H19IN4O4S/c1-29-13-16(26)11-24-10-15(9-23-24)14-7-18-19(21)12-25(20(18)22-8-14)30(27,28)17-5-3-2-4-6-17/h2-10,12,16,26H,11,13H2,1H3. The molecule has 1 unspecified atom stereocenters. The zero-order chi connectivity index (χ0) is 21.3. The fraction of sp³-hybridized carbons (Fsp3) is 0.200. The average Bonchev–Trinajstić information content (AvgIpc) is 3.33. The number of hydrogen-bond donors (Lipinski definition) is 1. The van der Waals surface area contributed by atoms with Crippen LogP contribution in [0.4, 0.5) is 0 Å². The Morgan fingerprint density at radius 3 is 2.67 bits per heavy atom. The lowest BCUT2D eigenvalue weighted by Gasteiger charge is -2.08. The summed E-state index contributed by atoms with van der Waals surface area (Å²) in [5.41, 5.74) is 2.00. The van der Waals surface area contributed by atoms with Gasteiger partial charge in [-0.05, 0) is 40.8 Å². The Bertz CT molecular complexity index is 1280. The third-order valence-electron chi connectivity index (χ3n) is 4.59. The van der Waals surface area contributed by atoms with Crippen LogP contribution in [0.25, 0.3) is 22.2 Å². The lowest BCUT2D eigenvalue weighted by molar-refractivity contribution is 0.0514. The highest BCUT2D eigenvalue weighted by Crippen LogP contribution is 2.29. The van der Waals surface area contributed by atoms with E-state index in [1.165, 1.54) is 11.1 Å². The summed E-state index contributed by atoms with van der Waals surface area (Å²) in [5, 5.41) is 14.9. The predicted molar refractivity (Wildman–Crippen MR) is 121 cm³/mol. The summed E-state index contributed by atoms with van der Waals surface area (Å²) in [5.74, 6) is 0. The molecule has 0 saturated heterocycles. The molecule has 156 valence electrons. The van der Waals surface area contributed by atoms with Gasteiger partial charge < -0.3 is 9.84 Å². The topological polar surface area (TPSA) is 99.2 Å². The number of aliphatic hydroxyl groups is 1. The van der Waals surface area contributed by atoms with Crippen LogP contribution < -0.4 is 0 Å². The molecule has 8 nitrogen and oxygen atoms in total. The molecular formula is C20H19IN4O4S. The van der Waals surface area contributed by atoms with Crippen molar-refractivity contribution in [3.8, 4) is 11.1 Å². The van der Waals surface area contributed by atoms with Gasteiger partial charge in [-0.3, -0.25) is 4.68 Å². The molecule has 30 heavy (non-hydrogen) atoms. The van der Waals surface area contributed by atoms with Crippen LogP contribution in [0.15, 0.2) is 66.1 Å². The first-order valence-corrected chi connectivity index (χ1v) is 11.6. The molecule has 0 aliphatic rings. The van der Waals surface area contributed by atoms with Crippen LogP contribution in [0.5, 0.6) is 0 Å². The first kappa shape index (κ1) is 21.0. The Balaban J connectivity index is 1.70. The Kier molecular flexibility index (Phi) is 5.91. The zero-order valence-corrected chi connectivity index (χ0v) is 19.0. The molecule has 1 atom stereocenters. The van der Waals surface area contributed by atoms with Gasteiger partial charge in [0, 0.05) is 45.8 Å². The van der Waals surface area contributed by atoms with Gasteiger partial charge in [-0.1, -0.05) is 18.2 Å². The summed E-state index contributed by atoms with van der Waals surface area (Å²) in [7, 11) is -2.21. The second-order valence-electron chi connectivity index (χ2n) is 6.75. The molecule has 1 N–H and O–H groups in total. The van der Waals surface area contributed by atoms with E-state index in [1.807, 2.05) is 12.3 Å². The van der Waals surface area contributed by atoms with E-state index >= 15 is 0 Å². The number of benzene rings is 1. The van der Waals surface area contributed by atoms with Crippen molar-refractivity contribution < 1.29 is 18.3 Å². The third kappa shape index (κ3) is 4.00. The largest absolute Gasteiger partial charge is 0.389 e. The number of ether oxygens (including phenoxy) is 1. The van der Waals surface area contributed by atoms with Gasteiger partial charge in [-0.2, -0.15) is 5.10 Å². The minimum absolute atomic E-state index is 0.208. The highest BCUT2D eigenvalue weighted by atomic mass is 127. The van der Waals surface area contributed by atoms with Crippen molar-refractivity contribution in [3.05, 3.63) is 64.8 Å². The average molecular weight is 538 g/mol. The van der Waals surface area contributed by atoms with Gasteiger partial charge in [0.15, 0.2) is 5.65 Å². The van der Waals surface area contributed by atoms with Crippen LogP contribution >= 0.6 is 22.6 Å². The van der Waals surface area contributed by atoms with Crippen molar-refractivity contribution >= 4 is 43.6 Å². The van der Waals surface area contributed by atoms with E-state index in [0.29, 0.717) is 12.2 Å². The van der Waals surface area contributed by atoms with E-state index in [0.717, 1.165) is 20.1 Å². The smallest absolute Gasteiger partial charge is 0.269 e. The van der Waals surface area contributed by atoms with Crippen molar-refractivity contribution in [2.45, 2.75) is 17.5 Å². The van der Waals surface area contributed by atoms with Crippen LogP contribution in [0, 0.1) is 3.57 Å². The third-order valence-corrected chi connectivity index (χ3v) is 7.11. The van der Waals surface area contributed by atoms with Crippen molar-refractivity contribution in [1.29, 1.82) is 0 Å². The van der Waals surface area contributed by atoms with Crippen LogP contribution in [0.3, 0.4) is 0 Å². The van der Waals surface area contributed by atoms with E-state index in [-0.39, 0.29) is 11.5 Å². The molecule has 0 aliphatic heterocycles. The molecule has 0 saturated carbocycles. The summed E-state index contributed by atoms with van der Waals surface area (Å²) in [6.07, 6.45) is 6.05. The molecule has 0 spiro atoms. The number of methoxy groups -OCH3 is 1. The van der Waals surface area contributed by atoms with Gasteiger partial charge >= 0.3 is 0 Å². The fourth-order valence-electron chi connectivity index (χ4n) is 3.16. The van der Waals surface area contributed by atoms with E-state index in [2.05, 4.69) is 32.7 Å². The molecule has 3 heterocycles. The molecule has 0 aliphatic carbocycles. The van der Waals surface area contributed by atoms with Gasteiger partial charge in [0.1, 0.15) is 0 Å². The Morgan fingerprint density at radius 2 is 1.93 bits per heavy atom. The molecular weight excluding hydrogens is 519 g/mol. The molecule has 4 rings (SSSR count). The first-order valence-electron chi connectivity index (χ1n) is 9.07. The number of rotatable bonds is 7. The Labute approximate surface area is 187 Å². The summed E-state index contributed by atoms with van der Waals surface area (Å²) >= 11 is 2.11. The lowest BCUT2D eigenvalue weighted by Crippen LogP contribution is -2.21. The number of aromatic nitrogens is 4. The Morgan fingerprint density at radius 1 is 1.17 bits per heavy atom. The number of aliphatic hydroxyl groups excluding tert-OH is 1. The molecule has 4 aromatic rings. The van der Waals surface area contributed by atoms with E-state index in [4.69, 9.17) is 4.74 Å². The maximum atomic E-state index is 13.0. The Hall–Kier alpha value is -2.28. The number of pyridine rings is 1. The van der Waals surface area contributed by atoms with Gasteiger partial charge in [0.2, 0.25) is 0 Å². The fourth-order valence-corrected chi connectivity index (χ4v) is 5.37. The number of hydrogen-bond acceptors (Lipinski definition) is 6. The van der Waals surface area contributed by atoms with Crippen molar-refractivity contribution in [3.63, 3.8) is 0 Å². The van der Waals surface area contributed by atoms with Gasteiger partial charge in [-0.25, -0.2) is 17.4 Å². The van der Waals surface area contributed by atoms with Crippen molar-refractivity contribution in [1.82, 2.24) is 18.7 Å².